The molecule has 90 heavy (non-hydrogen) atoms. The predicted molar refractivity (Wildman–Crippen MR) is 370 cm³/mol. The summed E-state index contributed by atoms with van der Waals surface area (Å²) in [5.74, 6) is 1.32. The van der Waals surface area contributed by atoms with E-state index >= 15 is 0 Å². The zero-order valence-corrected chi connectivity index (χ0v) is 52.8. The lowest BCUT2D eigenvalue weighted by Gasteiger charge is -2.19. The van der Waals surface area contributed by atoms with Crippen LogP contribution in [0.2, 0.25) is 0 Å². The van der Waals surface area contributed by atoms with Crippen LogP contribution in [0.25, 0.3) is 123 Å². The van der Waals surface area contributed by atoms with Gasteiger partial charge in [0.1, 0.15) is 0 Å². The molecule has 13 rings (SSSR count). The highest BCUT2D eigenvalue weighted by molar-refractivity contribution is 6.11. The Kier molecular flexibility index (Phi) is 14.8. The molecule has 10 aromatic carbocycles. The normalized spacial score (nSPS) is 12.0. The second kappa shape index (κ2) is 22.8. The molecule has 0 atom stereocenters. The molecule has 0 aliphatic carbocycles. The van der Waals surface area contributed by atoms with E-state index in [0.717, 1.165) is 114 Å². The standard InChI is InChI=1S/C82H70N8/c1-11-12-18-51-27-31-73-69(37-51)70-45-63(80(2,3)4)28-32-74(70)89(73)66-41-59(54-22-15-19-52(35-54)48-83)39-61(43-66)78-86-77(57-25-17-24-56(38-57)68-26-14-13-21-58(68)50-85)87-79(88-78)62-40-60(55-23-16-20-53(36-55)49-84)42-67(44-62)90-75-33-29-64(81(5,6)7)46-71(75)72-47-65(82(8,9)10)30-34-76(72)90/h13-17,19-47H,11-12,18H2,1-10H3. The van der Waals surface area contributed by atoms with Crippen LogP contribution in [-0.2, 0) is 22.7 Å². The average Bonchev–Trinajstić information content (AvgIpc) is 1.59. The largest absolute Gasteiger partial charge is 0.309 e. The summed E-state index contributed by atoms with van der Waals surface area (Å²) >= 11 is 0. The second-order valence-corrected chi connectivity index (χ2v) is 27.0. The summed E-state index contributed by atoms with van der Waals surface area (Å²) in [5.41, 5.74) is 19.9. The molecule has 13 aromatic rings. The lowest BCUT2D eigenvalue weighted by Crippen LogP contribution is -2.10. The minimum atomic E-state index is -0.0889. The number of fused-ring (bicyclic) bond motifs is 6. The molecule has 0 amide bonds. The number of hydrogen-bond acceptors (Lipinski definition) is 6. The van der Waals surface area contributed by atoms with Gasteiger partial charge in [0.15, 0.2) is 17.5 Å². The fourth-order valence-corrected chi connectivity index (χ4v) is 12.6. The van der Waals surface area contributed by atoms with Gasteiger partial charge in [0.05, 0.1) is 57.0 Å². The van der Waals surface area contributed by atoms with Crippen LogP contribution in [0.4, 0.5) is 0 Å². The van der Waals surface area contributed by atoms with E-state index in [1.807, 2.05) is 78.9 Å². The highest BCUT2D eigenvalue weighted by Crippen LogP contribution is 2.43. The molecular formula is C82H70N8. The number of hydrogen-bond donors (Lipinski definition) is 0. The summed E-state index contributed by atoms with van der Waals surface area (Å²) in [6.07, 6.45) is 3.21. The predicted octanol–water partition coefficient (Wildman–Crippen LogP) is 20.9. The van der Waals surface area contributed by atoms with Crippen molar-refractivity contribution >= 4 is 43.6 Å². The van der Waals surface area contributed by atoms with Crippen LogP contribution in [0.5, 0.6) is 0 Å². The van der Waals surface area contributed by atoms with Crippen molar-refractivity contribution in [2.24, 2.45) is 0 Å². The Bertz CT molecular complexity index is 5090. The molecule has 0 aliphatic rings. The molecule has 0 saturated carbocycles. The van der Waals surface area contributed by atoms with Crippen LogP contribution in [0.1, 0.15) is 121 Å². The number of nitriles is 3. The van der Waals surface area contributed by atoms with Crippen molar-refractivity contribution < 1.29 is 0 Å². The number of unbranched alkanes of at least 4 members (excludes halogenated alkanes) is 1. The lowest BCUT2D eigenvalue weighted by atomic mass is 9.85. The smallest absolute Gasteiger partial charge is 0.164 e. The van der Waals surface area contributed by atoms with Gasteiger partial charge in [-0.2, -0.15) is 15.8 Å². The third kappa shape index (κ3) is 11.0. The van der Waals surface area contributed by atoms with E-state index in [1.54, 1.807) is 0 Å². The molecule has 8 nitrogen and oxygen atoms in total. The number of aryl methyl sites for hydroxylation is 1. The fourth-order valence-electron chi connectivity index (χ4n) is 12.6. The minimum absolute atomic E-state index is 0.0787. The van der Waals surface area contributed by atoms with Crippen molar-refractivity contribution in [1.82, 2.24) is 24.1 Å². The van der Waals surface area contributed by atoms with Gasteiger partial charge in [-0.1, -0.05) is 161 Å². The van der Waals surface area contributed by atoms with Crippen LogP contribution in [0.3, 0.4) is 0 Å². The van der Waals surface area contributed by atoms with Crippen LogP contribution >= 0.6 is 0 Å². The topological polar surface area (TPSA) is 120 Å². The summed E-state index contributed by atoms with van der Waals surface area (Å²) < 4.78 is 4.73. The maximum Gasteiger partial charge on any atom is 0.164 e. The van der Waals surface area contributed by atoms with Crippen molar-refractivity contribution in [3.8, 4) is 97.1 Å². The van der Waals surface area contributed by atoms with Crippen LogP contribution in [0.15, 0.2) is 206 Å². The van der Waals surface area contributed by atoms with Crippen LogP contribution in [-0.4, -0.2) is 24.1 Å². The first-order valence-corrected chi connectivity index (χ1v) is 31.1. The quantitative estimate of drug-likeness (QED) is 0.127. The highest BCUT2D eigenvalue weighted by atomic mass is 15.0. The van der Waals surface area contributed by atoms with Crippen molar-refractivity contribution in [3.05, 3.63) is 245 Å². The van der Waals surface area contributed by atoms with E-state index in [1.165, 1.54) is 33.0 Å². The average molecular weight is 1170 g/mol. The first kappa shape index (κ1) is 58.3. The summed E-state index contributed by atoms with van der Waals surface area (Å²) in [6.45, 7) is 22.6. The summed E-state index contributed by atoms with van der Waals surface area (Å²) in [6, 6.07) is 79.0. The maximum absolute atomic E-state index is 10.3. The van der Waals surface area contributed by atoms with E-state index < -0.39 is 0 Å². The molecular weight excluding hydrogens is 1100 g/mol. The van der Waals surface area contributed by atoms with E-state index in [0.29, 0.717) is 34.2 Å². The van der Waals surface area contributed by atoms with E-state index in [9.17, 15) is 15.8 Å². The molecule has 0 spiro atoms. The fraction of sp³-hybridized carbons (Fsp3) is 0.195. The number of rotatable bonds is 11. The van der Waals surface area contributed by atoms with Gasteiger partial charge in [0.2, 0.25) is 0 Å². The van der Waals surface area contributed by atoms with E-state index in [2.05, 4.69) is 224 Å². The molecule has 0 bridgehead atoms. The lowest BCUT2D eigenvalue weighted by molar-refractivity contribution is 0.590. The third-order valence-corrected chi connectivity index (χ3v) is 17.6. The summed E-state index contributed by atoms with van der Waals surface area (Å²) in [5, 5.41) is 35.6. The SMILES string of the molecule is CCCCc1ccc2c(c1)c1cc(C(C)(C)C)ccc1n2-c1cc(-c2cccc(C#N)c2)cc(-c2nc(-c3cccc(-c4ccccc4C#N)c3)nc(-c3cc(-c4cccc(C#N)c4)cc(-n4c5ccc(C(C)(C)C)cc5c5cc(C(C)(C)C)ccc54)c3)n2)c1. The summed E-state index contributed by atoms with van der Waals surface area (Å²) in [7, 11) is 0. The number of nitrogens with zero attached hydrogens (tertiary/aromatic N) is 8. The Morgan fingerprint density at radius 2 is 0.756 bits per heavy atom. The molecule has 0 N–H and O–H groups in total. The van der Waals surface area contributed by atoms with Gasteiger partial charge in [0, 0.05) is 49.6 Å². The number of aromatic nitrogens is 5. The van der Waals surface area contributed by atoms with Crippen LogP contribution < -0.4 is 0 Å². The Morgan fingerprint density at radius 1 is 0.356 bits per heavy atom. The Hall–Kier alpha value is -10.7. The van der Waals surface area contributed by atoms with Crippen molar-refractivity contribution in [2.75, 3.05) is 0 Å². The van der Waals surface area contributed by atoms with Gasteiger partial charge >= 0.3 is 0 Å². The molecule has 0 saturated heterocycles. The Labute approximate surface area is 527 Å². The van der Waals surface area contributed by atoms with Gasteiger partial charge in [-0.15, -0.1) is 0 Å². The maximum atomic E-state index is 10.3. The zero-order valence-electron chi connectivity index (χ0n) is 52.8. The first-order valence-electron chi connectivity index (χ1n) is 31.1. The van der Waals surface area contributed by atoms with Crippen molar-refractivity contribution in [3.63, 3.8) is 0 Å². The van der Waals surface area contributed by atoms with E-state index in [-0.39, 0.29) is 16.2 Å². The summed E-state index contributed by atoms with van der Waals surface area (Å²) in [4.78, 5) is 16.6. The molecule has 0 unspecified atom stereocenters. The first-order chi connectivity index (χ1) is 43.3. The Balaban J connectivity index is 1.11. The molecule has 8 heteroatoms. The van der Waals surface area contributed by atoms with Gasteiger partial charge in [-0.3, -0.25) is 0 Å². The zero-order chi connectivity index (χ0) is 62.8. The van der Waals surface area contributed by atoms with Crippen molar-refractivity contribution in [2.45, 2.75) is 105 Å². The highest BCUT2D eigenvalue weighted by Gasteiger charge is 2.25. The second-order valence-electron chi connectivity index (χ2n) is 27.0. The molecule has 438 valence electrons. The van der Waals surface area contributed by atoms with Gasteiger partial charge in [-0.05, 0) is 206 Å². The van der Waals surface area contributed by atoms with Crippen LogP contribution in [0, 0.1) is 34.0 Å². The third-order valence-electron chi connectivity index (χ3n) is 17.6. The van der Waals surface area contributed by atoms with Gasteiger partial charge < -0.3 is 9.13 Å². The monoisotopic (exact) mass is 1170 g/mol. The molecule has 0 radical (unpaired) electrons. The molecule has 0 aliphatic heterocycles. The Morgan fingerprint density at radius 3 is 1.21 bits per heavy atom. The van der Waals surface area contributed by atoms with Gasteiger partial charge in [-0.25, -0.2) is 15.0 Å². The minimum Gasteiger partial charge on any atom is -0.309 e. The van der Waals surface area contributed by atoms with Gasteiger partial charge in [0.25, 0.3) is 0 Å². The molecule has 3 heterocycles. The number of benzene rings is 10. The van der Waals surface area contributed by atoms with Crippen molar-refractivity contribution in [1.29, 1.82) is 15.8 Å². The van der Waals surface area contributed by atoms with E-state index in [4.69, 9.17) is 15.0 Å². The molecule has 0 fully saturated rings. The molecule has 3 aromatic heterocycles.